The standard InChI is InChI=1S/C11H11NO/c1-7-8(2)12-10-6-4-3-5-9(10)11(7)13/h3-6,12-13H,2H2,1H3. The number of hydrogen-bond donors (Lipinski definition) is 2. The summed E-state index contributed by atoms with van der Waals surface area (Å²) < 4.78 is 0. The minimum Gasteiger partial charge on any atom is -0.507 e. The molecular formula is C11H11NO. The molecule has 0 unspecified atom stereocenters. The van der Waals surface area contributed by atoms with Crippen LogP contribution in [0.3, 0.4) is 0 Å². The van der Waals surface area contributed by atoms with E-state index in [2.05, 4.69) is 11.9 Å². The zero-order valence-electron chi connectivity index (χ0n) is 7.46. The Hall–Kier alpha value is -1.70. The molecule has 0 saturated heterocycles. The number of para-hydroxylation sites is 1. The van der Waals surface area contributed by atoms with E-state index in [1.807, 2.05) is 31.2 Å². The van der Waals surface area contributed by atoms with Crippen LogP contribution in [0.15, 0.2) is 42.1 Å². The molecule has 1 aliphatic rings. The van der Waals surface area contributed by atoms with Gasteiger partial charge in [-0.15, -0.1) is 0 Å². The quantitative estimate of drug-likeness (QED) is 0.632. The van der Waals surface area contributed by atoms with Gasteiger partial charge in [0.25, 0.3) is 0 Å². The molecule has 0 aromatic heterocycles. The van der Waals surface area contributed by atoms with Crippen LogP contribution in [0, 0.1) is 0 Å². The van der Waals surface area contributed by atoms with Gasteiger partial charge in [-0.25, -0.2) is 0 Å². The van der Waals surface area contributed by atoms with Gasteiger partial charge in [-0.1, -0.05) is 18.7 Å². The summed E-state index contributed by atoms with van der Waals surface area (Å²) in [6, 6.07) is 7.63. The van der Waals surface area contributed by atoms with E-state index in [0.29, 0.717) is 5.76 Å². The lowest BCUT2D eigenvalue weighted by atomic mass is 10.0. The first-order valence-electron chi connectivity index (χ1n) is 4.15. The van der Waals surface area contributed by atoms with Crippen molar-refractivity contribution >= 4 is 11.4 Å². The first kappa shape index (κ1) is 7.92. The zero-order chi connectivity index (χ0) is 9.42. The molecule has 0 amide bonds. The van der Waals surface area contributed by atoms with Crippen molar-refractivity contribution in [2.24, 2.45) is 0 Å². The van der Waals surface area contributed by atoms with Crippen molar-refractivity contribution < 1.29 is 5.11 Å². The van der Waals surface area contributed by atoms with Gasteiger partial charge < -0.3 is 10.4 Å². The molecule has 1 aromatic carbocycles. The Kier molecular flexibility index (Phi) is 1.62. The number of allylic oxidation sites excluding steroid dienone is 1. The number of nitrogens with one attached hydrogen (secondary N) is 1. The average molecular weight is 173 g/mol. The van der Waals surface area contributed by atoms with Crippen molar-refractivity contribution in [3.8, 4) is 0 Å². The molecule has 0 spiro atoms. The van der Waals surface area contributed by atoms with E-state index in [1.54, 1.807) is 0 Å². The summed E-state index contributed by atoms with van der Waals surface area (Å²) in [6.45, 7) is 5.66. The van der Waals surface area contributed by atoms with E-state index < -0.39 is 0 Å². The third-order valence-corrected chi connectivity index (χ3v) is 2.28. The maximum atomic E-state index is 9.78. The summed E-state index contributed by atoms with van der Waals surface area (Å²) in [7, 11) is 0. The topological polar surface area (TPSA) is 32.3 Å². The summed E-state index contributed by atoms with van der Waals surface area (Å²) in [5.41, 5.74) is 3.32. The Morgan fingerprint density at radius 1 is 1.31 bits per heavy atom. The number of aliphatic hydroxyl groups is 1. The highest BCUT2D eigenvalue weighted by Gasteiger charge is 2.16. The predicted molar refractivity (Wildman–Crippen MR) is 54.4 cm³/mol. The van der Waals surface area contributed by atoms with Crippen LogP contribution >= 0.6 is 0 Å². The van der Waals surface area contributed by atoms with Crippen molar-refractivity contribution in [1.29, 1.82) is 0 Å². The van der Waals surface area contributed by atoms with Gasteiger partial charge >= 0.3 is 0 Å². The summed E-state index contributed by atoms with van der Waals surface area (Å²) in [5, 5.41) is 12.9. The van der Waals surface area contributed by atoms with Gasteiger partial charge in [0, 0.05) is 22.5 Å². The summed E-state index contributed by atoms with van der Waals surface area (Å²) in [5.74, 6) is 0.319. The Balaban J connectivity index is 2.66. The summed E-state index contributed by atoms with van der Waals surface area (Å²) in [6.07, 6.45) is 0. The van der Waals surface area contributed by atoms with Gasteiger partial charge in [0.2, 0.25) is 0 Å². The first-order chi connectivity index (χ1) is 6.20. The van der Waals surface area contributed by atoms with Crippen LogP contribution in [0.2, 0.25) is 0 Å². The third kappa shape index (κ3) is 1.11. The lowest BCUT2D eigenvalue weighted by Gasteiger charge is -2.20. The second-order valence-corrected chi connectivity index (χ2v) is 3.12. The van der Waals surface area contributed by atoms with Gasteiger partial charge in [0.05, 0.1) is 0 Å². The lowest BCUT2D eigenvalue weighted by Crippen LogP contribution is -2.09. The van der Waals surface area contributed by atoms with E-state index in [9.17, 15) is 5.11 Å². The molecule has 2 N–H and O–H groups in total. The molecule has 0 aliphatic carbocycles. The molecule has 0 bridgehead atoms. The first-order valence-corrected chi connectivity index (χ1v) is 4.15. The SMILES string of the molecule is C=C1Nc2ccccc2C(O)=C1C. The minimum atomic E-state index is 0.319. The monoisotopic (exact) mass is 173 g/mol. The average Bonchev–Trinajstić information content (AvgIpc) is 2.15. The van der Waals surface area contributed by atoms with Crippen molar-refractivity contribution in [2.45, 2.75) is 6.92 Å². The fraction of sp³-hybridized carbons (Fsp3) is 0.0909. The van der Waals surface area contributed by atoms with Crippen LogP contribution < -0.4 is 5.32 Å². The van der Waals surface area contributed by atoms with Gasteiger partial charge in [0.15, 0.2) is 0 Å². The lowest BCUT2D eigenvalue weighted by molar-refractivity contribution is 0.506. The molecule has 13 heavy (non-hydrogen) atoms. The van der Waals surface area contributed by atoms with E-state index >= 15 is 0 Å². The molecule has 2 rings (SSSR count). The van der Waals surface area contributed by atoms with Gasteiger partial charge in [-0.3, -0.25) is 0 Å². The van der Waals surface area contributed by atoms with Crippen LogP contribution in [0.1, 0.15) is 12.5 Å². The number of fused-ring (bicyclic) bond motifs is 1. The second kappa shape index (κ2) is 2.66. The predicted octanol–water partition coefficient (Wildman–Crippen LogP) is 2.91. The molecule has 1 heterocycles. The van der Waals surface area contributed by atoms with E-state index in [1.165, 1.54) is 0 Å². The van der Waals surface area contributed by atoms with E-state index in [-0.39, 0.29) is 0 Å². The van der Waals surface area contributed by atoms with Crippen LogP contribution in [-0.4, -0.2) is 5.11 Å². The molecule has 0 atom stereocenters. The molecule has 2 nitrogen and oxygen atoms in total. The Labute approximate surface area is 77.2 Å². The molecule has 0 fully saturated rings. The Bertz CT molecular complexity index is 404. The molecule has 0 saturated carbocycles. The van der Waals surface area contributed by atoms with Crippen LogP contribution in [0.5, 0.6) is 0 Å². The molecule has 1 aromatic rings. The molecular weight excluding hydrogens is 162 g/mol. The van der Waals surface area contributed by atoms with Gasteiger partial charge in [0.1, 0.15) is 5.76 Å². The zero-order valence-corrected chi connectivity index (χ0v) is 7.46. The van der Waals surface area contributed by atoms with Crippen LogP contribution in [0.4, 0.5) is 5.69 Å². The highest BCUT2D eigenvalue weighted by molar-refractivity contribution is 5.81. The normalized spacial score (nSPS) is 15.3. The highest BCUT2D eigenvalue weighted by atomic mass is 16.3. The Morgan fingerprint density at radius 3 is 2.77 bits per heavy atom. The van der Waals surface area contributed by atoms with Gasteiger partial charge in [-0.05, 0) is 19.1 Å². The van der Waals surface area contributed by atoms with E-state index in [0.717, 1.165) is 22.5 Å². The molecule has 1 aliphatic heterocycles. The van der Waals surface area contributed by atoms with Crippen molar-refractivity contribution in [3.63, 3.8) is 0 Å². The van der Waals surface area contributed by atoms with Crippen molar-refractivity contribution in [2.75, 3.05) is 5.32 Å². The maximum Gasteiger partial charge on any atom is 0.129 e. The van der Waals surface area contributed by atoms with E-state index in [4.69, 9.17) is 0 Å². The van der Waals surface area contributed by atoms with Crippen molar-refractivity contribution in [1.82, 2.24) is 0 Å². The number of aliphatic hydroxyl groups excluding tert-OH is 1. The summed E-state index contributed by atoms with van der Waals surface area (Å²) >= 11 is 0. The van der Waals surface area contributed by atoms with Crippen LogP contribution in [0.25, 0.3) is 5.76 Å². The fourth-order valence-electron chi connectivity index (χ4n) is 1.40. The highest BCUT2D eigenvalue weighted by Crippen LogP contribution is 2.32. The number of rotatable bonds is 0. The van der Waals surface area contributed by atoms with Crippen molar-refractivity contribution in [3.05, 3.63) is 47.7 Å². The number of anilines is 1. The maximum absolute atomic E-state index is 9.78. The second-order valence-electron chi connectivity index (χ2n) is 3.12. The fourth-order valence-corrected chi connectivity index (χ4v) is 1.40. The smallest absolute Gasteiger partial charge is 0.129 e. The largest absolute Gasteiger partial charge is 0.507 e. The summed E-state index contributed by atoms with van der Waals surface area (Å²) in [4.78, 5) is 0. The molecule has 0 radical (unpaired) electrons. The third-order valence-electron chi connectivity index (χ3n) is 2.28. The molecule has 2 heteroatoms. The van der Waals surface area contributed by atoms with Gasteiger partial charge in [-0.2, -0.15) is 0 Å². The molecule has 66 valence electrons. The minimum absolute atomic E-state index is 0.319. The number of benzene rings is 1. The van der Waals surface area contributed by atoms with Crippen LogP contribution in [-0.2, 0) is 0 Å². The Morgan fingerprint density at radius 2 is 2.00 bits per heavy atom. The number of hydrogen-bond acceptors (Lipinski definition) is 2.